The zero-order chi connectivity index (χ0) is 9.97. The molecule has 2 aromatic rings. The number of hydrogen-bond donors (Lipinski definition) is 1. The largest absolute Gasteiger partial charge is 0.430 e. The summed E-state index contributed by atoms with van der Waals surface area (Å²) in [5.41, 5.74) is 1.95. The monoisotopic (exact) mass is 192 g/mol. The number of hydrogen-bond acceptors (Lipinski definition) is 4. The molecule has 0 atom stereocenters. The predicted octanol–water partition coefficient (Wildman–Crippen LogP) is 0.888. The van der Waals surface area contributed by atoms with E-state index in [4.69, 9.17) is 4.42 Å². The van der Waals surface area contributed by atoms with Crippen LogP contribution in [0.25, 0.3) is 6.01 Å². The van der Waals surface area contributed by atoms with Crippen molar-refractivity contribution in [2.75, 3.05) is 7.05 Å². The van der Waals surface area contributed by atoms with Gasteiger partial charge >= 0.3 is 6.01 Å². The molecule has 0 spiro atoms. The first-order valence-corrected chi connectivity index (χ1v) is 4.40. The molecule has 1 N–H and O–H groups in total. The van der Waals surface area contributed by atoms with Crippen molar-refractivity contribution in [3.05, 3.63) is 29.9 Å². The van der Waals surface area contributed by atoms with Crippen molar-refractivity contribution in [3.8, 4) is 6.01 Å². The Hall–Kier alpha value is -1.62. The van der Waals surface area contributed by atoms with E-state index in [1.807, 2.05) is 20.2 Å². The van der Waals surface area contributed by atoms with E-state index < -0.39 is 0 Å². The maximum atomic E-state index is 5.27. The summed E-state index contributed by atoms with van der Waals surface area (Å²) < 4.78 is 6.89. The van der Waals surface area contributed by atoms with Crippen LogP contribution >= 0.6 is 0 Å². The smallest absolute Gasteiger partial charge is 0.322 e. The van der Waals surface area contributed by atoms with Gasteiger partial charge in [-0.2, -0.15) is 14.8 Å². The van der Waals surface area contributed by atoms with Gasteiger partial charge in [-0.15, -0.1) is 0 Å². The molecule has 0 bridgehead atoms. The molecule has 0 aliphatic carbocycles. The molecular formula is C9H12N4O. The van der Waals surface area contributed by atoms with E-state index in [0.29, 0.717) is 12.6 Å². The van der Waals surface area contributed by atoms with Crippen LogP contribution in [0, 0.1) is 6.92 Å². The Morgan fingerprint density at radius 2 is 2.43 bits per heavy atom. The van der Waals surface area contributed by atoms with Crippen molar-refractivity contribution in [1.82, 2.24) is 20.1 Å². The summed E-state index contributed by atoms with van der Waals surface area (Å²) in [5, 5.41) is 7.10. The van der Waals surface area contributed by atoms with Gasteiger partial charge in [0.25, 0.3) is 0 Å². The van der Waals surface area contributed by atoms with Crippen LogP contribution in [0.4, 0.5) is 0 Å². The van der Waals surface area contributed by atoms with Gasteiger partial charge in [-0.25, -0.2) is 0 Å². The SMILES string of the molecule is CNCc1coc(-n2cc(C)cn2)n1. The molecule has 0 aliphatic rings. The van der Waals surface area contributed by atoms with Gasteiger partial charge in [-0.3, -0.25) is 0 Å². The first-order valence-electron chi connectivity index (χ1n) is 4.40. The van der Waals surface area contributed by atoms with Gasteiger partial charge in [-0.1, -0.05) is 0 Å². The number of rotatable bonds is 3. The number of oxazole rings is 1. The Balaban J connectivity index is 2.24. The van der Waals surface area contributed by atoms with Crippen LogP contribution in [0.15, 0.2) is 23.1 Å². The molecule has 2 heterocycles. The number of aromatic nitrogens is 3. The highest BCUT2D eigenvalue weighted by Crippen LogP contribution is 2.07. The molecule has 0 radical (unpaired) electrons. The average Bonchev–Trinajstić information content (AvgIpc) is 2.74. The normalized spacial score (nSPS) is 10.7. The molecule has 2 rings (SSSR count). The first kappa shape index (κ1) is 8.96. The maximum absolute atomic E-state index is 5.27. The van der Waals surface area contributed by atoms with Crippen molar-refractivity contribution in [1.29, 1.82) is 0 Å². The summed E-state index contributed by atoms with van der Waals surface area (Å²) in [5.74, 6) is 0. The second-order valence-corrected chi connectivity index (χ2v) is 3.11. The Morgan fingerprint density at radius 3 is 3.07 bits per heavy atom. The quantitative estimate of drug-likeness (QED) is 0.784. The van der Waals surface area contributed by atoms with Crippen LogP contribution in [0.2, 0.25) is 0 Å². The molecule has 74 valence electrons. The molecule has 0 unspecified atom stereocenters. The first-order chi connectivity index (χ1) is 6.79. The molecule has 0 saturated carbocycles. The fourth-order valence-corrected chi connectivity index (χ4v) is 1.18. The molecular weight excluding hydrogens is 180 g/mol. The van der Waals surface area contributed by atoms with Crippen LogP contribution in [0.3, 0.4) is 0 Å². The lowest BCUT2D eigenvalue weighted by Gasteiger charge is -1.91. The Morgan fingerprint density at radius 1 is 1.57 bits per heavy atom. The third-order valence-electron chi connectivity index (χ3n) is 1.81. The zero-order valence-electron chi connectivity index (χ0n) is 8.19. The van der Waals surface area contributed by atoms with E-state index in [1.165, 1.54) is 0 Å². The lowest BCUT2D eigenvalue weighted by Crippen LogP contribution is -2.05. The fourth-order valence-electron chi connectivity index (χ4n) is 1.18. The number of nitrogens with one attached hydrogen (secondary N) is 1. The summed E-state index contributed by atoms with van der Waals surface area (Å²) in [6, 6.07) is 0.503. The second kappa shape index (κ2) is 3.63. The molecule has 0 aliphatic heterocycles. The van der Waals surface area contributed by atoms with Crippen LogP contribution in [0.5, 0.6) is 0 Å². The summed E-state index contributed by atoms with van der Waals surface area (Å²) in [6.07, 6.45) is 5.26. The van der Waals surface area contributed by atoms with Gasteiger partial charge in [0.15, 0.2) is 0 Å². The van der Waals surface area contributed by atoms with Crippen molar-refractivity contribution < 1.29 is 4.42 Å². The third-order valence-corrected chi connectivity index (χ3v) is 1.81. The van der Waals surface area contributed by atoms with Gasteiger partial charge in [0.2, 0.25) is 0 Å². The molecule has 2 aromatic heterocycles. The van der Waals surface area contributed by atoms with E-state index in [-0.39, 0.29) is 0 Å². The van der Waals surface area contributed by atoms with Crippen LogP contribution in [-0.2, 0) is 6.54 Å². The lowest BCUT2D eigenvalue weighted by molar-refractivity contribution is 0.509. The highest BCUT2D eigenvalue weighted by Gasteiger charge is 2.05. The molecule has 0 aromatic carbocycles. The molecule has 0 saturated heterocycles. The summed E-state index contributed by atoms with van der Waals surface area (Å²) in [4.78, 5) is 4.25. The van der Waals surface area contributed by atoms with Crippen LogP contribution in [0.1, 0.15) is 11.3 Å². The van der Waals surface area contributed by atoms with Gasteiger partial charge in [0, 0.05) is 12.7 Å². The third kappa shape index (κ3) is 1.67. The van der Waals surface area contributed by atoms with Gasteiger partial charge in [-0.05, 0) is 19.5 Å². The van der Waals surface area contributed by atoms with Crippen molar-refractivity contribution in [2.24, 2.45) is 0 Å². The van der Waals surface area contributed by atoms with Gasteiger partial charge in [0.1, 0.15) is 6.26 Å². The predicted molar refractivity (Wildman–Crippen MR) is 51.1 cm³/mol. The number of aryl methyl sites for hydroxylation is 1. The van der Waals surface area contributed by atoms with Crippen molar-refractivity contribution in [3.63, 3.8) is 0 Å². The summed E-state index contributed by atoms with van der Waals surface area (Å²) >= 11 is 0. The molecule has 14 heavy (non-hydrogen) atoms. The molecule has 0 fully saturated rings. The van der Waals surface area contributed by atoms with E-state index in [0.717, 1.165) is 11.3 Å². The maximum Gasteiger partial charge on any atom is 0.322 e. The topological polar surface area (TPSA) is 55.9 Å². The highest BCUT2D eigenvalue weighted by molar-refractivity contribution is 5.12. The van der Waals surface area contributed by atoms with E-state index in [1.54, 1.807) is 17.1 Å². The standard InChI is InChI=1S/C9H12N4O/c1-7-3-11-13(5-7)9-12-8(4-10-2)6-14-9/h3,5-6,10H,4H2,1-2H3. The second-order valence-electron chi connectivity index (χ2n) is 3.11. The van der Waals surface area contributed by atoms with Gasteiger partial charge < -0.3 is 9.73 Å². The zero-order valence-corrected chi connectivity index (χ0v) is 8.19. The lowest BCUT2D eigenvalue weighted by atomic mass is 10.4. The van der Waals surface area contributed by atoms with Gasteiger partial charge in [0.05, 0.1) is 11.9 Å². The Labute approximate surface area is 81.8 Å². The summed E-state index contributed by atoms with van der Waals surface area (Å²) in [6.45, 7) is 2.67. The summed E-state index contributed by atoms with van der Waals surface area (Å²) in [7, 11) is 1.87. The van der Waals surface area contributed by atoms with Crippen molar-refractivity contribution >= 4 is 0 Å². The Bertz CT molecular complexity index is 418. The highest BCUT2D eigenvalue weighted by atomic mass is 16.4. The minimum absolute atomic E-state index is 0.503. The van der Waals surface area contributed by atoms with Crippen LogP contribution < -0.4 is 5.32 Å². The molecule has 0 amide bonds. The Kier molecular flexibility index (Phi) is 2.32. The minimum Gasteiger partial charge on any atom is -0.430 e. The van der Waals surface area contributed by atoms with Crippen LogP contribution in [-0.4, -0.2) is 21.8 Å². The van der Waals surface area contributed by atoms with E-state index in [9.17, 15) is 0 Å². The number of nitrogens with zero attached hydrogens (tertiary/aromatic N) is 3. The average molecular weight is 192 g/mol. The van der Waals surface area contributed by atoms with Crippen molar-refractivity contribution in [2.45, 2.75) is 13.5 Å². The minimum atomic E-state index is 0.503. The van der Waals surface area contributed by atoms with E-state index in [2.05, 4.69) is 15.4 Å². The molecule has 5 heteroatoms. The van der Waals surface area contributed by atoms with E-state index >= 15 is 0 Å². The fraction of sp³-hybridized carbons (Fsp3) is 0.333. The molecule has 5 nitrogen and oxygen atoms in total.